The van der Waals surface area contributed by atoms with E-state index in [0.29, 0.717) is 6.04 Å². The number of aryl methyl sites for hydroxylation is 1. The number of anilines is 1. The van der Waals surface area contributed by atoms with Crippen molar-refractivity contribution in [2.75, 3.05) is 5.73 Å². The maximum Gasteiger partial charge on any atom is 0.140 e. The normalized spacial score (nSPS) is 19.0. The Balaban J connectivity index is 2.13. The van der Waals surface area contributed by atoms with Crippen LogP contribution in [0.1, 0.15) is 31.5 Å². The van der Waals surface area contributed by atoms with E-state index in [2.05, 4.69) is 22.5 Å². The fourth-order valence-electron chi connectivity index (χ4n) is 2.67. The number of fused-ring (bicyclic) bond motifs is 1. The number of nitrogen functional groups attached to an aromatic ring is 1. The van der Waals surface area contributed by atoms with E-state index in [1.807, 2.05) is 24.4 Å². The van der Waals surface area contributed by atoms with Crippen LogP contribution in [-0.2, 0) is 6.42 Å². The molecule has 1 aromatic carbocycles. The van der Waals surface area contributed by atoms with Gasteiger partial charge in [0.2, 0.25) is 0 Å². The molecule has 1 aliphatic heterocycles. The van der Waals surface area contributed by atoms with Crippen molar-refractivity contribution in [1.82, 2.24) is 9.55 Å². The Morgan fingerprint density at radius 1 is 1.41 bits per heavy atom. The predicted octanol–water partition coefficient (Wildman–Crippen LogP) is 3.03. The van der Waals surface area contributed by atoms with Gasteiger partial charge in [-0.25, -0.2) is 4.98 Å². The molecule has 17 heavy (non-hydrogen) atoms. The molecule has 0 saturated heterocycles. The first kappa shape index (κ1) is 10.4. The van der Waals surface area contributed by atoms with E-state index in [4.69, 9.17) is 5.73 Å². The van der Waals surface area contributed by atoms with Crippen LogP contribution in [0, 0.1) is 0 Å². The summed E-state index contributed by atoms with van der Waals surface area (Å²) in [5.74, 6) is 1.06. The number of imidazole rings is 1. The second-order valence-electron chi connectivity index (χ2n) is 4.81. The molecule has 1 atom stereocenters. The van der Waals surface area contributed by atoms with Crippen LogP contribution < -0.4 is 5.73 Å². The van der Waals surface area contributed by atoms with Crippen molar-refractivity contribution in [3.8, 4) is 11.4 Å². The maximum atomic E-state index is 5.84. The van der Waals surface area contributed by atoms with Crippen molar-refractivity contribution in [2.24, 2.45) is 0 Å². The van der Waals surface area contributed by atoms with Crippen LogP contribution >= 0.6 is 0 Å². The van der Waals surface area contributed by atoms with E-state index < -0.39 is 0 Å². The Bertz CT molecular complexity index is 542. The van der Waals surface area contributed by atoms with Gasteiger partial charge < -0.3 is 10.3 Å². The van der Waals surface area contributed by atoms with Gasteiger partial charge in [-0.3, -0.25) is 0 Å². The van der Waals surface area contributed by atoms with E-state index in [9.17, 15) is 0 Å². The van der Waals surface area contributed by atoms with Gasteiger partial charge in [-0.2, -0.15) is 0 Å². The Kier molecular flexibility index (Phi) is 2.39. The van der Waals surface area contributed by atoms with Gasteiger partial charge in [0.1, 0.15) is 5.82 Å². The van der Waals surface area contributed by atoms with Crippen LogP contribution in [0.15, 0.2) is 30.5 Å². The number of hydrogen-bond acceptors (Lipinski definition) is 2. The molecule has 2 heterocycles. The van der Waals surface area contributed by atoms with Gasteiger partial charge >= 0.3 is 0 Å². The fraction of sp³-hybridized carbons (Fsp3) is 0.357. The lowest BCUT2D eigenvalue weighted by atomic mass is 10.0. The molecule has 0 bridgehead atoms. The van der Waals surface area contributed by atoms with Crippen molar-refractivity contribution < 1.29 is 0 Å². The topological polar surface area (TPSA) is 43.8 Å². The number of hydrogen-bond donors (Lipinski definition) is 1. The lowest BCUT2D eigenvalue weighted by Gasteiger charge is -2.24. The number of benzene rings is 1. The molecule has 0 spiro atoms. The zero-order chi connectivity index (χ0) is 11.8. The molecule has 0 fully saturated rings. The zero-order valence-corrected chi connectivity index (χ0v) is 10.1. The second-order valence-corrected chi connectivity index (χ2v) is 4.81. The van der Waals surface area contributed by atoms with E-state index in [0.717, 1.165) is 23.5 Å². The summed E-state index contributed by atoms with van der Waals surface area (Å²) in [4.78, 5) is 4.57. The molecule has 2 N–H and O–H groups in total. The standard InChI is InChI=1S/C14H17N3/c1-10-4-2-7-13-9-16-14(17(10)13)11-5-3-6-12(15)8-11/h3,5-6,8-10H,2,4,7,15H2,1H3. The Labute approximate surface area is 101 Å². The minimum Gasteiger partial charge on any atom is -0.399 e. The summed E-state index contributed by atoms with van der Waals surface area (Å²) in [7, 11) is 0. The summed E-state index contributed by atoms with van der Waals surface area (Å²) in [6.45, 7) is 2.26. The molecule has 0 amide bonds. The van der Waals surface area contributed by atoms with Gasteiger partial charge in [-0.15, -0.1) is 0 Å². The van der Waals surface area contributed by atoms with E-state index >= 15 is 0 Å². The largest absolute Gasteiger partial charge is 0.399 e. The second kappa shape index (κ2) is 3.91. The molecule has 2 aromatic rings. The summed E-state index contributed by atoms with van der Waals surface area (Å²) in [5.41, 5.74) is 9.10. The van der Waals surface area contributed by atoms with Gasteiger partial charge in [0.15, 0.2) is 0 Å². The molecule has 1 aromatic heterocycles. The molecule has 3 nitrogen and oxygen atoms in total. The van der Waals surface area contributed by atoms with Gasteiger partial charge in [0, 0.05) is 29.2 Å². The Hall–Kier alpha value is -1.77. The van der Waals surface area contributed by atoms with Gasteiger partial charge in [0.25, 0.3) is 0 Å². The molecule has 3 heteroatoms. The van der Waals surface area contributed by atoms with Crippen LogP contribution in [-0.4, -0.2) is 9.55 Å². The van der Waals surface area contributed by atoms with Crippen molar-refractivity contribution >= 4 is 5.69 Å². The highest BCUT2D eigenvalue weighted by Gasteiger charge is 2.20. The first-order valence-corrected chi connectivity index (χ1v) is 6.18. The van der Waals surface area contributed by atoms with Gasteiger partial charge in [-0.05, 0) is 38.3 Å². The summed E-state index contributed by atoms with van der Waals surface area (Å²) in [5, 5.41) is 0. The van der Waals surface area contributed by atoms with E-state index in [-0.39, 0.29) is 0 Å². The minimum atomic E-state index is 0.540. The van der Waals surface area contributed by atoms with Crippen LogP contribution in [0.2, 0.25) is 0 Å². The fourth-order valence-corrected chi connectivity index (χ4v) is 2.67. The maximum absolute atomic E-state index is 5.84. The van der Waals surface area contributed by atoms with Crippen LogP contribution in [0.3, 0.4) is 0 Å². The molecular weight excluding hydrogens is 210 g/mol. The van der Waals surface area contributed by atoms with Gasteiger partial charge in [-0.1, -0.05) is 12.1 Å². The van der Waals surface area contributed by atoms with Crippen molar-refractivity contribution in [1.29, 1.82) is 0 Å². The molecule has 1 aliphatic rings. The molecule has 0 aliphatic carbocycles. The monoisotopic (exact) mass is 227 g/mol. The third-order valence-corrected chi connectivity index (χ3v) is 3.51. The third kappa shape index (κ3) is 1.71. The van der Waals surface area contributed by atoms with Crippen LogP contribution in [0.5, 0.6) is 0 Å². The zero-order valence-electron chi connectivity index (χ0n) is 10.1. The average Bonchev–Trinajstić information content (AvgIpc) is 2.74. The number of nitrogens with zero attached hydrogens (tertiary/aromatic N) is 2. The van der Waals surface area contributed by atoms with E-state index in [1.165, 1.54) is 18.5 Å². The minimum absolute atomic E-state index is 0.540. The molecule has 0 saturated carbocycles. The predicted molar refractivity (Wildman–Crippen MR) is 69.7 cm³/mol. The molecule has 0 radical (unpaired) electrons. The third-order valence-electron chi connectivity index (χ3n) is 3.51. The first-order valence-electron chi connectivity index (χ1n) is 6.18. The molecular formula is C14H17N3. The Morgan fingerprint density at radius 3 is 3.12 bits per heavy atom. The summed E-state index contributed by atoms with van der Waals surface area (Å²) in [6.07, 6.45) is 5.65. The lowest BCUT2D eigenvalue weighted by molar-refractivity contribution is 0.436. The summed E-state index contributed by atoms with van der Waals surface area (Å²) < 4.78 is 2.36. The number of aromatic nitrogens is 2. The van der Waals surface area contributed by atoms with Gasteiger partial charge in [0.05, 0.1) is 0 Å². The highest BCUT2D eigenvalue weighted by Crippen LogP contribution is 2.31. The lowest BCUT2D eigenvalue weighted by Crippen LogP contribution is -2.15. The van der Waals surface area contributed by atoms with Crippen LogP contribution in [0.4, 0.5) is 5.69 Å². The van der Waals surface area contributed by atoms with E-state index in [1.54, 1.807) is 0 Å². The molecule has 1 unspecified atom stereocenters. The first-order chi connectivity index (χ1) is 8.25. The van der Waals surface area contributed by atoms with Crippen molar-refractivity contribution in [2.45, 2.75) is 32.2 Å². The number of nitrogens with two attached hydrogens (primary N) is 1. The average molecular weight is 227 g/mol. The number of rotatable bonds is 1. The summed E-state index contributed by atoms with van der Waals surface area (Å²) >= 11 is 0. The summed E-state index contributed by atoms with van der Waals surface area (Å²) in [6, 6.07) is 8.51. The highest BCUT2D eigenvalue weighted by atomic mass is 15.1. The van der Waals surface area contributed by atoms with Crippen LogP contribution in [0.25, 0.3) is 11.4 Å². The Morgan fingerprint density at radius 2 is 2.29 bits per heavy atom. The molecule has 3 rings (SSSR count). The van der Waals surface area contributed by atoms with Crippen molar-refractivity contribution in [3.63, 3.8) is 0 Å². The highest BCUT2D eigenvalue weighted by molar-refractivity contribution is 5.62. The molecule has 88 valence electrons. The quantitative estimate of drug-likeness (QED) is 0.761. The SMILES string of the molecule is CC1CCCc2cnc(-c3cccc(N)c3)n21. The van der Waals surface area contributed by atoms with Crippen molar-refractivity contribution in [3.05, 3.63) is 36.2 Å². The smallest absolute Gasteiger partial charge is 0.140 e.